The molecule has 148 valence electrons. The second-order valence-corrected chi connectivity index (χ2v) is 8.88. The van der Waals surface area contributed by atoms with E-state index in [0.717, 1.165) is 28.5 Å². The SMILES string of the molecule is C/C(=N\c1ccccc1C(C)(C)C)c1cccc(/C(C)=N/C2CCCCC2)n1. The highest BCUT2D eigenvalue weighted by Gasteiger charge is 2.17. The molecule has 0 spiro atoms. The Bertz CT molecular complexity index is 865. The average Bonchev–Trinajstić information content (AvgIpc) is 2.68. The first-order valence-corrected chi connectivity index (χ1v) is 10.5. The molecular weight excluding hydrogens is 342 g/mol. The Morgan fingerprint density at radius 2 is 1.50 bits per heavy atom. The van der Waals surface area contributed by atoms with Gasteiger partial charge < -0.3 is 0 Å². The maximum Gasteiger partial charge on any atom is 0.0849 e. The Balaban J connectivity index is 1.88. The second-order valence-electron chi connectivity index (χ2n) is 8.88. The van der Waals surface area contributed by atoms with Crippen LogP contribution >= 0.6 is 0 Å². The molecule has 1 saturated carbocycles. The number of hydrogen-bond donors (Lipinski definition) is 0. The van der Waals surface area contributed by atoms with Crippen molar-refractivity contribution in [3.8, 4) is 0 Å². The quantitative estimate of drug-likeness (QED) is 0.550. The van der Waals surface area contributed by atoms with E-state index in [4.69, 9.17) is 15.0 Å². The fourth-order valence-electron chi connectivity index (χ4n) is 3.83. The van der Waals surface area contributed by atoms with Gasteiger partial charge in [-0.15, -0.1) is 0 Å². The molecule has 0 saturated heterocycles. The zero-order valence-corrected chi connectivity index (χ0v) is 18.0. The average molecular weight is 376 g/mol. The zero-order valence-electron chi connectivity index (χ0n) is 18.0. The third-order valence-corrected chi connectivity index (χ3v) is 5.44. The smallest absolute Gasteiger partial charge is 0.0849 e. The Morgan fingerprint density at radius 3 is 2.18 bits per heavy atom. The maximum absolute atomic E-state index is 4.95. The van der Waals surface area contributed by atoms with E-state index in [0.29, 0.717) is 6.04 Å². The summed E-state index contributed by atoms with van der Waals surface area (Å²) in [5.74, 6) is 0. The van der Waals surface area contributed by atoms with Crippen LogP contribution in [-0.4, -0.2) is 22.4 Å². The topological polar surface area (TPSA) is 37.6 Å². The number of benzene rings is 1. The molecule has 3 rings (SSSR count). The Morgan fingerprint density at radius 1 is 0.857 bits per heavy atom. The van der Waals surface area contributed by atoms with Crippen LogP contribution in [0.2, 0.25) is 0 Å². The first-order chi connectivity index (χ1) is 13.3. The minimum atomic E-state index is 0.0545. The Labute approximate surface area is 170 Å². The number of para-hydroxylation sites is 1. The molecule has 3 nitrogen and oxygen atoms in total. The Hall–Kier alpha value is -2.29. The second kappa shape index (κ2) is 8.81. The van der Waals surface area contributed by atoms with Gasteiger partial charge in [-0.1, -0.05) is 64.3 Å². The van der Waals surface area contributed by atoms with Crippen LogP contribution < -0.4 is 0 Å². The van der Waals surface area contributed by atoms with Crippen molar-refractivity contribution in [2.24, 2.45) is 9.98 Å². The Kier molecular flexibility index (Phi) is 6.43. The molecule has 1 aliphatic rings. The van der Waals surface area contributed by atoms with Crippen LogP contribution in [0.3, 0.4) is 0 Å². The summed E-state index contributed by atoms with van der Waals surface area (Å²) in [7, 11) is 0. The summed E-state index contributed by atoms with van der Waals surface area (Å²) in [5.41, 5.74) is 6.17. The highest BCUT2D eigenvalue weighted by Crippen LogP contribution is 2.31. The van der Waals surface area contributed by atoms with Crippen LogP contribution in [-0.2, 0) is 5.41 Å². The number of rotatable bonds is 4. The molecule has 0 amide bonds. The monoisotopic (exact) mass is 375 g/mol. The first kappa shape index (κ1) is 20.4. The fourth-order valence-corrected chi connectivity index (χ4v) is 3.83. The normalized spacial score (nSPS) is 17.0. The highest BCUT2D eigenvalue weighted by atomic mass is 14.9. The molecule has 0 radical (unpaired) electrons. The molecule has 0 atom stereocenters. The van der Waals surface area contributed by atoms with Gasteiger partial charge in [-0.3, -0.25) is 9.98 Å². The lowest BCUT2D eigenvalue weighted by Gasteiger charge is -2.21. The number of aromatic nitrogens is 1. The van der Waals surface area contributed by atoms with Gasteiger partial charge in [-0.25, -0.2) is 4.98 Å². The summed E-state index contributed by atoms with van der Waals surface area (Å²) >= 11 is 0. The summed E-state index contributed by atoms with van der Waals surface area (Å²) in [5, 5.41) is 0. The van der Waals surface area contributed by atoms with Crippen LogP contribution in [0, 0.1) is 0 Å². The third kappa shape index (κ3) is 5.15. The van der Waals surface area contributed by atoms with E-state index < -0.39 is 0 Å². The molecule has 3 heteroatoms. The van der Waals surface area contributed by atoms with Gasteiger partial charge in [0.2, 0.25) is 0 Å². The van der Waals surface area contributed by atoms with Crippen molar-refractivity contribution in [2.75, 3.05) is 0 Å². The molecule has 1 aliphatic carbocycles. The minimum absolute atomic E-state index is 0.0545. The van der Waals surface area contributed by atoms with E-state index in [1.165, 1.54) is 37.7 Å². The molecule has 1 heterocycles. The molecule has 1 fully saturated rings. The van der Waals surface area contributed by atoms with Gasteiger partial charge in [0.15, 0.2) is 0 Å². The van der Waals surface area contributed by atoms with Crippen molar-refractivity contribution in [3.05, 3.63) is 59.4 Å². The van der Waals surface area contributed by atoms with Crippen molar-refractivity contribution in [1.82, 2.24) is 4.98 Å². The fraction of sp³-hybridized carbons (Fsp3) is 0.480. The first-order valence-electron chi connectivity index (χ1n) is 10.5. The van der Waals surface area contributed by atoms with Crippen LogP contribution in [0.1, 0.15) is 83.7 Å². The van der Waals surface area contributed by atoms with Crippen molar-refractivity contribution in [2.45, 2.75) is 78.2 Å². The lowest BCUT2D eigenvalue weighted by atomic mass is 9.86. The molecule has 1 aromatic carbocycles. The lowest BCUT2D eigenvalue weighted by Crippen LogP contribution is -2.13. The van der Waals surface area contributed by atoms with Crippen molar-refractivity contribution >= 4 is 17.1 Å². The largest absolute Gasteiger partial charge is 0.284 e. The van der Waals surface area contributed by atoms with E-state index in [2.05, 4.69) is 58.0 Å². The van der Waals surface area contributed by atoms with Crippen molar-refractivity contribution in [1.29, 1.82) is 0 Å². The number of hydrogen-bond acceptors (Lipinski definition) is 3. The van der Waals surface area contributed by atoms with Gasteiger partial charge in [-0.05, 0) is 55.9 Å². The van der Waals surface area contributed by atoms with E-state index >= 15 is 0 Å². The summed E-state index contributed by atoms with van der Waals surface area (Å²) in [6.07, 6.45) is 6.37. The van der Waals surface area contributed by atoms with E-state index in [1.54, 1.807) is 0 Å². The van der Waals surface area contributed by atoms with Crippen LogP contribution in [0.4, 0.5) is 5.69 Å². The van der Waals surface area contributed by atoms with E-state index in [-0.39, 0.29) is 5.41 Å². The van der Waals surface area contributed by atoms with Gasteiger partial charge in [0.1, 0.15) is 0 Å². The highest BCUT2D eigenvalue weighted by molar-refractivity contribution is 6.01. The van der Waals surface area contributed by atoms with Crippen LogP contribution in [0.25, 0.3) is 0 Å². The van der Waals surface area contributed by atoms with Crippen LogP contribution in [0.5, 0.6) is 0 Å². The van der Waals surface area contributed by atoms with E-state index in [9.17, 15) is 0 Å². The summed E-state index contributed by atoms with van der Waals surface area (Å²) in [6.45, 7) is 10.8. The number of pyridine rings is 1. The molecule has 0 unspecified atom stereocenters. The zero-order chi connectivity index (χ0) is 20.1. The van der Waals surface area contributed by atoms with Gasteiger partial charge in [0.25, 0.3) is 0 Å². The van der Waals surface area contributed by atoms with Gasteiger partial charge in [0, 0.05) is 0 Å². The summed E-state index contributed by atoms with van der Waals surface area (Å²) in [4.78, 5) is 14.7. The van der Waals surface area contributed by atoms with Gasteiger partial charge in [0.05, 0.1) is 34.5 Å². The van der Waals surface area contributed by atoms with Gasteiger partial charge >= 0.3 is 0 Å². The van der Waals surface area contributed by atoms with Crippen LogP contribution in [0.15, 0.2) is 52.4 Å². The molecule has 28 heavy (non-hydrogen) atoms. The van der Waals surface area contributed by atoms with E-state index in [1.807, 2.05) is 19.1 Å². The standard InChI is InChI=1S/C25H33N3/c1-18(26-20-12-7-6-8-13-20)22-16-11-17-23(28-22)19(2)27-24-15-10-9-14-21(24)25(3,4)5/h9-11,14-17,20H,6-8,12-13H2,1-5H3/b26-18+,27-19+. The number of nitrogens with zero attached hydrogens (tertiary/aromatic N) is 3. The maximum atomic E-state index is 4.95. The van der Waals surface area contributed by atoms with Crippen molar-refractivity contribution in [3.63, 3.8) is 0 Å². The molecule has 0 N–H and O–H groups in total. The van der Waals surface area contributed by atoms with Gasteiger partial charge in [-0.2, -0.15) is 0 Å². The molecule has 0 aliphatic heterocycles. The molecule has 2 aromatic rings. The summed E-state index contributed by atoms with van der Waals surface area (Å²) < 4.78 is 0. The third-order valence-electron chi connectivity index (χ3n) is 5.44. The molecule has 1 aromatic heterocycles. The number of aliphatic imine (C=N–C) groups is 2. The molecular formula is C25H33N3. The predicted octanol–water partition coefficient (Wildman–Crippen LogP) is 6.66. The summed E-state index contributed by atoms with van der Waals surface area (Å²) in [6, 6.07) is 15.0. The van der Waals surface area contributed by atoms with Crippen molar-refractivity contribution < 1.29 is 0 Å². The molecule has 0 bridgehead atoms. The lowest BCUT2D eigenvalue weighted by molar-refractivity contribution is 0.443. The predicted molar refractivity (Wildman–Crippen MR) is 120 cm³/mol. The minimum Gasteiger partial charge on any atom is -0.284 e.